The summed E-state index contributed by atoms with van der Waals surface area (Å²) in [6, 6.07) is 15.3. The van der Waals surface area contributed by atoms with Crippen LogP contribution >= 0.6 is 15.9 Å². The molecule has 3 aromatic carbocycles. The third kappa shape index (κ3) is 5.32. The van der Waals surface area contributed by atoms with Crippen LogP contribution in [0.2, 0.25) is 0 Å². The molecule has 1 aliphatic rings. The van der Waals surface area contributed by atoms with Gasteiger partial charge in [-0.1, -0.05) is 60.3 Å². The van der Waals surface area contributed by atoms with Crippen LogP contribution in [0.25, 0.3) is 11.0 Å². The van der Waals surface area contributed by atoms with Gasteiger partial charge in [-0.3, -0.25) is 14.5 Å². The van der Waals surface area contributed by atoms with E-state index in [1.54, 1.807) is 42.5 Å². The van der Waals surface area contributed by atoms with Gasteiger partial charge < -0.3 is 9.15 Å². The molecule has 39 heavy (non-hydrogen) atoms. The SMILES string of the molecule is CCCCCCOc1ccc(C2c3c(oc4ccc(Br)cc4c3=O)C(=O)N2c2cccc(C(F)(F)F)c2)cc1. The first-order valence-electron chi connectivity index (χ1n) is 12.7. The molecule has 0 saturated heterocycles. The van der Waals surface area contributed by atoms with Crippen LogP contribution in [0.3, 0.4) is 0 Å². The van der Waals surface area contributed by atoms with Crippen molar-refractivity contribution in [2.75, 3.05) is 11.5 Å². The van der Waals surface area contributed by atoms with Crippen molar-refractivity contribution in [3.63, 3.8) is 0 Å². The van der Waals surface area contributed by atoms with Gasteiger partial charge >= 0.3 is 6.18 Å². The Morgan fingerprint density at radius 3 is 2.46 bits per heavy atom. The van der Waals surface area contributed by atoms with Crippen LogP contribution in [0.4, 0.5) is 18.9 Å². The van der Waals surface area contributed by atoms with Gasteiger partial charge in [0.15, 0.2) is 5.43 Å². The van der Waals surface area contributed by atoms with Gasteiger partial charge in [-0.15, -0.1) is 0 Å². The molecule has 1 unspecified atom stereocenters. The van der Waals surface area contributed by atoms with Crippen molar-refractivity contribution in [3.8, 4) is 5.75 Å². The molecular weight excluding hydrogens is 575 g/mol. The molecule has 202 valence electrons. The second-order valence-corrected chi connectivity index (χ2v) is 10.3. The van der Waals surface area contributed by atoms with Crippen molar-refractivity contribution in [2.24, 2.45) is 0 Å². The van der Waals surface area contributed by atoms with Crippen molar-refractivity contribution in [1.82, 2.24) is 0 Å². The molecule has 0 N–H and O–H groups in total. The number of halogens is 4. The minimum atomic E-state index is -4.60. The zero-order valence-electron chi connectivity index (χ0n) is 21.1. The monoisotopic (exact) mass is 599 g/mol. The largest absolute Gasteiger partial charge is 0.494 e. The summed E-state index contributed by atoms with van der Waals surface area (Å²) in [7, 11) is 0. The van der Waals surface area contributed by atoms with Crippen molar-refractivity contribution in [1.29, 1.82) is 0 Å². The predicted octanol–water partition coefficient (Wildman–Crippen LogP) is 8.28. The van der Waals surface area contributed by atoms with E-state index in [9.17, 15) is 22.8 Å². The minimum absolute atomic E-state index is 0.00659. The van der Waals surface area contributed by atoms with E-state index < -0.39 is 29.1 Å². The molecule has 5 nitrogen and oxygen atoms in total. The number of rotatable bonds is 8. The summed E-state index contributed by atoms with van der Waals surface area (Å²) in [5.74, 6) is -0.249. The maximum absolute atomic E-state index is 13.7. The number of benzene rings is 3. The van der Waals surface area contributed by atoms with E-state index in [1.807, 2.05) is 0 Å². The van der Waals surface area contributed by atoms with Crippen LogP contribution in [0, 0.1) is 0 Å². The number of alkyl halides is 3. The van der Waals surface area contributed by atoms with E-state index in [1.165, 1.54) is 17.0 Å². The molecule has 0 aliphatic carbocycles. The molecule has 1 atom stereocenters. The van der Waals surface area contributed by atoms with Gasteiger partial charge in [0.05, 0.1) is 29.2 Å². The second-order valence-electron chi connectivity index (χ2n) is 9.42. The van der Waals surface area contributed by atoms with Gasteiger partial charge in [-0.25, -0.2) is 0 Å². The van der Waals surface area contributed by atoms with E-state index in [0.717, 1.165) is 37.8 Å². The molecule has 1 aromatic heterocycles. The molecular formula is C30H25BrF3NO4. The highest BCUT2D eigenvalue weighted by molar-refractivity contribution is 9.10. The highest BCUT2D eigenvalue weighted by Gasteiger charge is 2.44. The summed E-state index contributed by atoms with van der Waals surface area (Å²) >= 11 is 3.36. The summed E-state index contributed by atoms with van der Waals surface area (Å²) in [5.41, 5.74) is -0.478. The maximum Gasteiger partial charge on any atom is 0.416 e. The quantitative estimate of drug-likeness (QED) is 0.191. The molecule has 1 aliphatic heterocycles. The number of unbranched alkanes of at least 4 members (excludes halogenated alkanes) is 3. The highest BCUT2D eigenvalue weighted by atomic mass is 79.9. The number of fused-ring (bicyclic) bond motifs is 2. The van der Waals surface area contributed by atoms with Gasteiger partial charge in [0.25, 0.3) is 5.91 Å². The van der Waals surface area contributed by atoms with E-state index >= 15 is 0 Å². The highest BCUT2D eigenvalue weighted by Crippen LogP contribution is 2.43. The van der Waals surface area contributed by atoms with Crippen molar-refractivity contribution in [3.05, 3.63) is 104 Å². The molecule has 1 amide bonds. The molecule has 0 bridgehead atoms. The first-order valence-corrected chi connectivity index (χ1v) is 13.5. The van der Waals surface area contributed by atoms with E-state index in [2.05, 4.69) is 22.9 Å². The summed E-state index contributed by atoms with van der Waals surface area (Å²) in [6.07, 6.45) is -0.351. The molecule has 9 heteroatoms. The summed E-state index contributed by atoms with van der Waals surface area (Å²) in [5, 5.41) is 0.263. The molecule has 0 saturated carbocycles. The number of anilines is 1. The van der Waals surface area contributed by atoms with Crippen LogP contribution in [-0.4, -0.2) is 12.5 Å². The van der Waals surface area contributed by atoms with Crippen LogP contribution in [0.5, 0.6) is 5.75 Å². The van der Waals surface area contributed by atoms with E-state index in [4.69, 9.17) is 9.15 Å². The lowest BCUT2D eigenvalue weighted by Gasteiger charge is -2.26. The summed E-state index contributed by atoms with van der Waals surface area (Å²) < 4.78 is 53.0. The lowest BCUT2D eigenvalue weighted by atomic mass is 9.98. The van der Waals surface area contributed by atoms with Gasteiger partial charge in [0.1, 0.15) is 11.3 Å². The lowest BCUT2D eigenvalue weighted by molar-refractivity contribution is -0.137. The standard InChI is InChI=1S/C30H25BrF3NO4/c1-2-3-4-5-15-38-22-12-9-18(10-13-22)26-25-27(36)23-17-20(31)11-14-24(23)39-28(25)29(37)35(26)21-8-6-7-19(16-21)30(32,33)34/h6-14,16-17,26H,2-5,15H2,1H3. The van der Waals surface area contributed by atoms with Crippen LogP contribution in [0.1, 0.15) is 65.9 Å². The predicted molar refractivity (Wildman–Crippen MR) is 146 cm³/mol. The lowest BCUT2D eigenvalue weighted by Crippen LogP contribution is -2.29. The summed E-state index contributed by atoms with van der Waals surface area (Å²) in [6.45, 7) is 2.70. The Kier molecular flexibility index (Phi) is 7.53. The third-order valence-corrected chi connectivity index (χ3v) is 7.24. The molecule has 5 rings (SSSR count). The first kappa shape index (κ1) is 27.0. The second kappa shape index (κ2) is 10.9. The van der Waals surface area contributed by atoms with Crippen molar-refractivity contribution < 1.29 is 27.1 Å². The van der Waals surface area contributed by atoms with Gasteiger partial charge in [-0.2, -0.15) is 13.2 Å². The van der Waals surface area contributed by atoms with Gasteiger partial charge in [-0.05, 0) is 60.5 Å². The van der Waals surface area contributed by atoms with Crippen LogP contribution < -0.4 is 15.1 Å². The fourth-order valence-corrected chi connectivity index (χ4v) is 5.19. The number of ether oxygens (including phenoxy) is 1. The zero-order valence-corrected chi connectivity index (χ0v) is 22.6. The maximum atomic E-state index is 13.7. The third-order valence-electron chi connectivity index (χ3n) is 6.75. The average molecular weight is 600 g/mol. The average Bonchev–Trinajstić information content (AvgIpc) is 3.21. The number of amides is 1. The van der Waals surface area contributed by atoms with Crippen molar-refractivity contribution in [2.45, 2.75) is 44.8 Å². The molecule has 0 spiro atoms. The molecule has 0 radical (unpaired) electrons. The Balaban J connectivity index is 1.60. The zero-order chi connectivity index (χ0) is 27.7. The smallest absolute Gasteiger partial charge is 0.416 e. The van der Waals surface area contributed by atoms with Crippen molar-refractivity contribution >= 4 is 38.5 Å². The molecule has 2 heterocycles. The number of hydrogen-bond acceptors (Lipinski definition) is 4. The fraction of sp³-hybridized carbons (Fsp3) is 0.267. The fourth-order valence-electron chi connectivity index (χ4n) is 4.82. The Morgan fingerprint density at radius 2 is 1.74 bits per heavy atom. The Hall–Kier alpha value is -3.59. The number of carbonyl (C=O) groups is 1. The minimum Gasteiger partial charge on any atom is -0.494 e. The number of nitrogens with zero attached hydrogens (tertiary/aromatic N) is 1. The Labute approximate surface area is 231 Å². The molecule has 0 fully saturated rings. The van der Waals surface area contributed by atoms with Crippen LogP contribution in [-0.2, 0) is 6.18 Å². The molecule has 4 aromatic rings. The Morgan fingerprint density at radius 1 is 0.974 bits per heavy atom. The number of hydrogen-bond donors (Lipinski definition) is 0. The normalized spacial score (nSPS) is 15.2. The van der Waals surface area contributed by atoms with Gasteiger partial charge in [0, 0.05) is 10.2 Å². The van der Waals surface area contributed by atoms with E-state index in [0.29, 0.717) is 22.4 Å². The first-order chi connectivity index (χ1) is 18.7. The summed E-state index contributed by atoms with van der Waals surface area (Å²) in [4.78, 5) is 28.6. The van der Waals surface area contributed by atoms with Crippen LogP contribution in [0.15, 0.2) is 80.4 Å². The topological polar surface area (TPSA) is 59.8 Å². The number of carbonyl (C=O) groups excluding carboxylic acids is 1. The van der Waals surface area contributed by atoms with E-state index in [-0.39, 0.29) is 28.0 Å². The Bertz CT molecular complexity index is 1580. The van der Waals surface area contributed by atoms with Gasteiger partial charge in [0.2, 0.25) is 5.76 Å².